The smallest absolute Gasteiger partial charge is 0.0267 e. The monoisotopic (exact) mass is 181 g/mol. The Labute approximate surface area is 80.6 Å². The number of aromatic nitrogens is 1. The van der Waals surface area contributed by atoms with Crippen LogP contribution in [0.15, 0.2) is 30.6 Å². The van der Waals surface area contributed by atoms with Crippen molar-refractivity contribution < 1.29 is 0 Å². The molecule has 0 saturated carbocycles. The minimum Gasteiger partial charge on any atom is -0.330 e. The molecule has 1 rings (SSSR count). The van der Waals surface area contributed by atoms with Crippen molar-refractivity contribution in [3.63, 3.8) is 0 Å². The van der Waals surface area contributed by atoms with Crippen LogP contribution in [0.2, 0.25) is 0 Å². The van der Waals surface area contributed by atoms with Crippen LogP contribution in [0.4, 0.5) is 0 Å². The largest absolute Gasteiger partial charge is 0.330 e. The summed E-state index contributed by atoms with van der Waals surface area (Å²) in [5.41, 5.74) is 5.25. The van der Waals surface area contributed by atoms with E-state index in [9.17, 15) is 0 Å². The zero-order valence-electron chi connectivity index (χ0n) is 8.48. The van der Waals surface area contributed by atoms with E-state index in [0.29, 0.717) is 0 Å². The molecule has 0 amide bonds. The van der Waals surface area contributed by atoms with E-state index in [1.54, 1.807) is 12.4 Å². The molecule has 1 heterocycles. The maximum atomic E-state index is 5.25. The molecule has 0 fully saturated rings. The van der Waals surface area contributed by atoms with Crippen molar-refractivity contribution in [2.45, 2.75) is 6.42 Å². The first kappa shape index (κ1) is 12.1. The first-order valence-electron chi connectivity index (χ1n) is 4.47. The van der Waals surface area contributed by atoms with Crippen LogP contribution >= 0.6 is 0 Å². The van der Waals surface area contributed by atoms with Gasteiger partial charge in [-0.2, -0.15) is 0 Å². The Morgan fingerprint density at radius 3 is 1.92 bits per heavy atom. The molecule has 1 aromatic heterocycles. The maximum Gasteiger partial charge on any atom is 0.0267 e. The average molecular weight is 181 g/mol. The molecule has 0 aliphatic carbocycles. The topological polar surface area (TPSA) is 42.1 Å². The molecular weight excluding hydrogens is 162 g/mol. The van der Waals surface area contributed by atoms with Crippen LogP contribution < -0.4 is 5.73 Å². The van der Waals surface area contributed by atoms with Crippen molar-refractivity contribution in [3.05, 3.63) is 30.6 Å². The van der Waals surface area contributed by atoms with Gasteiger partial charge in [-0.05, 0) is 45.7 Å². The molecule has 3 nitrogen and oxygen atoms in total. The van der Waals surface area contributed by atoms with Gasteiger partial charge in [-0.1, -0.05) is 6.07 Å². The van der Waals surface area contributed by atoms with Gasteiger partial charge in [0.15, 0.2) is 0 Å². The van der Waals surface area contributed by atoms with E-state index in [0.717, 1.165) is 19.5 Å². The molecule has 0 aliphatic rings. The van der Waals surface area contributed by atoms with Crippen LogP contribution in [0.3, 0.4) is 0 Å². The summed E-state index contributed by atoms with van der Waals surface area (Å²) in [7, 11) is 4.10. The summed E-state index contributed by atoms with van der Waals surface area (Å²) >= 11 is 0. The molecule has 0 unspecified atom stereocenters. The van der Waals surface area contributed by atoms with Gasteiger partial charge in [0.1, 0.15) is 0 Å². The third-order valence-electron chi connectivity index (χ3n) is 1.38. The number of hydrogen-bond donors (Lipinski definition) is 1. The Morgan fingerprint density at radius 1 is 1.15 bits per heavy atom. The van der Waals surface area contributed by atoms with E-state index in [-0.39, 0.29) is 0 Å². The fourth-order valence-electron chi connectivity index (χ4n) is 0.720. The lowest BCUT2D eigenvalue weighted by molar-refractivity contribution is 0.403. The van der Waals surface area contributed by atoms with Crippen molar-refractivity contribution in [1.82, 2.24) is 9.88 Å². The molecule has 13 heavy (non-hydrogen) atoms. The van der Waals surface area contributed by atoms with Crippen LogP contribution in [-0.4, -0.2) is 37.1 Å². The van der Waals surface area contributed by atoms with Gasteiger partial charge >= 0.3 is 0 Å². The third-order valence-corrected chi connectivity index (χ3v) is 1.38. The second-order valence-corrected chi connectivity index (χ2v) is 2.97. The van der Waals surface area contributed by atoms with Crippen molar-refractivity contribution in [2.75, 3.05) is 27.2 Å². The van der Waals surface area contributed by atoms with Crippen molar-refractivity contribution >= 4 is 0 Å². The summed E-state index contributed by atoms with van der Waals surface area (Å²) in [6.07, 6.45) is 4.60. The molecule has 0 bridgehead atoms. The molecule has 0 atom stereocenters. The lowest BCUT2D eigenvalue weighted by Crippen LogP contribution is -2.16. The minimum atomic E-state index is 0.804. The normalized spacial score (nSPS) is 9.23. The second kappa shape index (κ2) is 9.16. The van der Waals surface area contributed by atoms with E-state index >= 15 is 0 Å². The van der Waals surface area contributed by atoms with Gasteiger partial charge in [-0.25, -0.2) is 0 Å². The van der Waals surface area contributed by atoms with E-state index in [4.69, 9.17) is 5.73 Å². The summed E-state index contributed by atoms with van der Waals surface area (Å²) in [5.74, 6) is 0. The quantitative estimate of drug-likeness (QED) is 0.755. The zero-order valence-corrected chi connectivity index (χ0v) is 8.48. The van der Waals surface area contributed by atoms with Crippen molar-refractivity contribution in [3.8, 4) is 0 Å². The molecule has 2 N–H and O–H groups in total. The highest BCUT2D eigenvalue weighted by Gasteiger charge is 1.83. The SMILES string of the molecule is CN(C)CCCN.c1ccncc1. The van der Waals surface area contributed by atoms with Crippen molar-refractivity contribution in [1.29, 1.82) is 0 Å². The van der Waals surface area contributed by atoms with Crippen LogP contribution in [0, 0.1) is 0 Å². The Kier molecular flexibility index (Phi) is 8.51. The molecule has 0 saturated heterocycles. The fraction of sp³-hybridized carbons (Fsp3) is 0.500. The van der Waals surface area contributed by atoms with Gasteiger partial charge in [0.25, 0.3) is 0 Å². The highest BCUT2D eigenvalue weighted by Crippen LogP contribution is 1.76. The van der Waals surface area contributed by atoms with Gasteiger partial charge in [-0.15, -0.1) is 0 Å². The fourth-order valence-corrected chi connectivity index (χ4v) is 0.720. The van der Waals surface area contributed by atoms with Gasteiger partial charge in [-0.3, -0.25) is 4.98 Å². The molecule has 0 aliphatic heterocycles. The molecule has 1 aromatic rings. The number of nitrogens with zero attached hydrogens (tertiary/aromatic N) is 2. The minimum absolute atomic E-state index is 0.804. The van der Waals surface area contributed by atoms with Gasteiger partial charge < -0.3 is 10.6 Å². The van der Waals surface area contributed by atoms with Crippen LogP contribution in [0.25, 0.3) is 0 Å². The van der Waals surface area contributed by atoms with Gasteiger partial charge in [0.2, 0.25) is 0 Å². The van der Waals surface area contributed by atoms with E-state index in [1.165, 1.54) is 0 Å². The molecule has 74 valence electrons. The Balaban J connectivity index is 0.000000223. The third kappa shape index (κ3) is 11.1. The number of nitrogens with two attached hydrogens (primary N) is 1. The first-order chi connectivity index (χ1) is 6.27. The number of pyridine rings is 1. The van der Waals surface area contributed by atoms with Gasteiger partial charge in [0.05, 0.1) is 0 Å². The summed E-state index contributed by atoms with van der Waals surface area (Å²) in [4.78, 5) is 5.92. The highest BCUT2D eigenvalue weighted by molar-refractivity contribution is 4.88. The maximum absolute atomic E-state index is 5.25. The summed E-state index contributed by atoms with van der Waals surface area (Å²) < 4.78 is 0. The number of rotatable bonds is 3. The average Bonchev–Trinajstić information content (AvgIpc) is 2.18. The zero-order chi connectivity index (χ0) is 9.94. The van der Waals surface area contributed by atoms with E-state index in [1.807, 2.05) is 18.2 Å². The molecule has 0 spiro atoms. The predicted octanol–water partition coefficient (Wildman–Crippen LogP) is 0.978. The van der Waals surface area contributed by atoms with Gasteiger partial charge in [0, 0.05) is 12.4 Å². The summed E-state index contributed by atoms with van der Waals surface area (Å²) in [5, 5.41) is 0. The summed E-state index contributed by atoms with van der Waals surface area (Å²) in [6, 6.07) is 5.72. The standard InChI is InChI=1S/C5H14N2.C5H5N/c1-7(2)5-3-4-6;1-2-4-6-5-3-1/h3-6H2,1-2H3;1-5H. The number of hydrogen-bond acceptors (Lipinski definition) is 3. The Morgan fingerprint density at radius 2 is 1.77 bits per heavy atom. The van der Waals surface area contributed by atoms with Crippen LogP contribution in [0.1, 0.15) is 6.42 Å². The molecular formula is C10H19N3. The predicted molar refractivity (Wildman–Crippen MR) is 56.5 cm³/mol. The first-order valence-corrected chi connectivity index (χ1v) is 4.47. The second-order valence-electron chi connectivity index (χ2n) is 2.97. The summed E-state index contributed by atoms with van der Waals surface area (Å²) in [6.45, 7) is 1.91. The highest BCUT2D eigenvalue weighted by atomic mass is 15.0. The Hall–Kier alpha value is -0.930. The van der Waals surface area contributed by atoms with E-state index < -0.39 is 0 Å². The van der Waals surface area contributed by atoms with E-state index in [2.05, 4.69) is 24.0 Å². The molecule has 0 radical (unpaired) electrons. The lowest BCUT2D eigenvalue weighted by Gasteiger charge is -2.05. The van der Waals surface area contributed by atoms with Crippen molar-refractivity contribution in [2.24, 2.45) is 5.73 Å². The molecule has 0 aromatic carbocycles. The van der Waals surface area contributed by atoms with Crippen LogP contribution in [-0.2, 0) is 0 Å². The lowest BCUT2D eigenvalue weighted by atomic mass is 10.4. The molecule has 3 heteroatoms. The van der Waals surface area contributed by atoms with Crippen LogP contribution in [0.5, 0.6) is 0 Å². The Bertz CT molecular complexity index is 148.